The molecule has 0 heterocycles. The van der Waals surface area contributed by atoms with E-state index in [-0.39, 0.29) is 11.6 Å². The van der Waals surface area contributed by atoms with Gasteiger partial charge in [-0.1, -0.05) is 0 Å². The molecule has 0 saturated carbocycles. The van der Waals surface area contributed by atoms with Gasteiger partial charge < -0.3 is 20.3 Å². The van der Waals surface area contributed by atoms with Crippen molar-refractivity contribution < 1.29 is 14.3 Å². The van der Waals surface area contributed by atoms with Crippen LogP contribution in [0.25, 0.3) is 0 Å². The average molecular weight is 279 g/mol. The number of anilines is 1. The van der Waals surface area contributed by atoms with Crippen LogP contribution >= 0.6 is 0 Å². The first-order chi connectivity index (χ1) is 9.17. The predicted octanol–water partition coefficient (Wildman–Crippen LogP) is 2.67. The van der Waals surface area contributed by atoms with E-state index >= 15 is 0 Å². The molecule has 3 amide bonds. The number of benzene rings is 1. The fraction of sp³-hybridized carbons (Fsp3) is 0.429. The Hall–Kier alpha value is -2.24. The van der Waals surface area contributed by atoms with Gasteiger partial charge in [0.15, 0.2) is 0 Å². The summed E-state index contributed by atoms with van der Waals surface area (Å²) >= 11 is 0. The molecule has 0 atom stereocenters. The lowest BCUT2D eigenvalue weighted by Crippen LogP contribution is -2.42. The Balaban J connectivity index is 2.59. The smallest absolute Gasteiger partial charge is 0.410 e. The molecule has 0 aromatic heterocycles. The van der Waals surface area contributed by atoms with E-state index < -0.39 is 6.09 Å². The number of hydrogen-bond acceptors (Lipinski definition) is 3. The lowest BCUT2D eigenvalue weighted by molar-refractivity contribution is 0.190. The van der Waals surface area contributed by atoms with Crippen molar-refractivity contribution >= 4 is 17.8 Å². The first kappa shape index (κ1) is 15.8. The molecule has 0 bridgehead atoms. The molecular formula is C14H21N3O3. The maximum Gasteiger partial charge on any atom is 0.413 e. The minimum Gasteiger partial charge on any atom is -0.410 e. The number of hydrogen-bond donors (Lipinski definition) is 2. The summed E-state index contributed by atoms with van der Waals surface area (Å²) in [4.78, 5) is 24.5. The summed E-state index contributed by atoms with van der Waals surface area (Å²) in [6.45, 7) is 5.61. The minimum atomic E-state index is -0.512. The third-order valence-electron chi connectivity index (χ3n) is 2.20. The van der Waals surface area contributed by atoms with E-state index in [0.717, 1.165) is 0 Å². The van der Waals surface area contributed by atoms with Crippen molar-refractivity contribution in [2.75, 3.05) is 19.4 Å². The molecule has 1 aromatic rings. The number of nitrogens with zero attached hydrogens (tertiary/aromatic N) is 1. The second-order valence-electron chi connectivity index (χ2n) is 5.61. The minimum absolute atomic E-state index is 0.218. The number of nitrogens with one attached hydrogen (secondary N) is 2. The lowest BCUT2D eigenvalue weighted by atomic mass is 10.1. The van der Waals surface area contributed by atoms with Crippen LogP contribution in [0.4, 0.5) is 15.3 Å². The Labute approximate surface area is 119 Å². The van der Waals surface area contributed by atoms with Gasteiger partial charge in [-0.2, -0.15) is 0 Å². The molecule has 1 aromatic carbocycles. The van der Waals surface area contributed by atoms with Crippen LogP contribution in [0.2, 0.25) is 0 Å². The Bertz CT molecular complexity index is 475. The summed E-state index contributed by atoms with van der Waals surface area (Å²) in [5, 5.41) is 5.38. The second kappa shape index (κ2) is 6.27. The number of carbonyl (C=O) groups excluding carboxylic acids is 2. The number of ether oxygens (including phenoxy) is 1. The van der Waals surface area contributed by atoms with Gasteiger partial charge in [-0.05, 0) is 45.0 Å². The van der Waals surface area contributed by atoms with Crippen LogP contribution in [0.5, 0.6) is 5.75 Å². The van der Waals surface area contributed by atoms with E-state index in [0.29, 0.717) is 11.4 Å². The molecule has 110 valence electrons. The Morgan fingerprint density at radius 2 is 1.65 bits per heavy atom. The van der Waals surface area contributed by atoms with Crippen LogP contribution in [0, 0.1) is 0 Å². The van der Waals surface area contributed by atoms with E-state index in [1.807, 2.05) is 20.8 Å². The number of urea groups is 1. The van der Waals surface area contributed by atoms with Crippen molar-refractivity contribution in [2.24, 2.45) is 0 Å². The van der Waals surface area contributed by atoms with Crippen LogP contribution in [-0.2, 0) is 0 Å². The van der Waals surface area contributed by atoms with E-state index in [9.17, 15) is 9.59 Å². The van der Waals surface area contributed by atoms with Gasteiger partial charge in [-0.25, -0.2) is 9.59 Å². The zero-order valence-corrected chi connectivity index (χ0v) is 12.5. The molecule has 0 radical (unpaired) electrons. The van der Waals surface area contributed by atoms with Crippen molar-refractivity contribution in [3.05, 3.63) is 24.3 Å². The van der Waals surface area contributed by atoms with Gasteiger partial charge in [-0.3, -0.25) is 0 Å². The summed E-state index contributed by atoms with van der Waals surface area (Å²) in [7, 11) is 3.31. The van der Waals surface area contributed by atoms with Crippen molar-refractivity contribution in [2.45, 2.75) is 26.3 Å². The fourth-order valence-corrected chi connectivity index (χ4v) is 1.28. The molecule has 0 saturated heterocycles. The van der Waals surface area contributed by atoms with E-state index in [1.54, 1.807) is 38.4 Å². The molecule has 6 nitrogen and oxygen atoms in total. The summed E-state index contributed by atoms with van der Waals surface area (Å²) in [6, 6.07) is 6.35. The van der Waals surface area contributed by atoms with Crippen molar-refractivity contribution in [3.63, 3.8) is 0 Å². The zero-order valence-electron chi connectivity index (χ0n) is 12.5. The topological polar surface area (TPSA) is 70.7 Å². The highest BCUT2D eigenvalue weighted by Gasteiger charge is 2.15. The first-order valence-corrected chi connectivity index (χ1v) is 6.26. The zero-order chi connectivity index (χ0) is 15.3. The molecule has 0 aliphatic carbocycles. The van der Waals surface area contributed by atoms with E-state index in [2.05, 4.69) is 10.6 Å². The van der Waals surface area contributed by atoms with Crippen LogP contribution in [-0.4, -0.2) is 36.7 Å². The Kier molecular flexibility index (Phi) is 4.96. The van der Waals surface area contributed by atoms with Gasteiger partial charge in [0.2, 0.25) is 0 Å². The molecule has 0 aliphatic rings. The van der Waals surface area contributed by atoms with Crippen molar-refractivity contribution in [1.29, 1.82) is 0 Å². The average Bonchev–Trinajstić information content (AvgIpc) is 2.28. The van der Waals surface area contributed by atoms with Gasteiger partial charge in [0.05, 0.1) is 0 Å². The van der Waals surface area contributed by atoms with Crippen LogP contribution in [0.15, 0.2) is 24.3 Å². The summed E-state index contributed by atoms with van der Waals surface area (Å²) < 4.78 is 5.12. The summed E-state index contributed by atoms with van der Waals surface area (Å²) in [5.41, 5.74) is 0.281. The molecule has 20 heavy (non-hydrogen) atoms. The van der Waals surface area contributed by atoms with Crippen LogP contribution in [0.3, 0.4) is 0 Å². The van der Waals surface area contributed by atoms with Gasteiger partial charge in [0, 0.05) is 25.3 Å². The predicted molar refractivity (Wildman–Crippen MR) is 78.1 cm³/mol. The van der Waals surface area contributed by atoms with Gasteiger partial charge in [0.1, 0.15) is 5.75 Å². The molecule has 1 rings (SSSR count). The monoisotopic (exact) mass is 279 g/mol. The molecule has 0 fully saturated rings. The van der Waals surface area contributed by atoms with Gasteiger partial charge in [-0.15, -0.1) is 0 Å². The largest absolute Gasteiger partial charge is 0.413 e. The highest BCUT2D eigenvalue weighted by atomic mass is 16.6. The van der Waals surface area contributed by atoms with E-state index in [1.165, 1.54) is 4.90 Å². The molecule has 6 heteroatoms. The molecule has 0 unspecified atom stereocenters. The fourth-order valence-electron chi connectivity index (χ4n) is 1.28. The standard InChI is InChI=1S/C14H21N3O3/c1-14(2,3)16-13(19)20-11-8-6-10(7-9-11)15-12(18)17(4)5/h6-9H,1-5H3,(H,15,18)(H,16,19). The number of carbonyl (C=O) groups is 2. The normalized spacial score (nSPS) is 10.7. The molecule has 0 spiro atoms. The summed E-state index contributed by atoms with van der Waals surface area (Å²) in [6.07, 6.45) is -0.512. The second-order valence-corrected chi connectivity index (χ2v) is 5.61. The van der Waals surface area contributed by atoms with Crippen molar-refractivity contribution in [1.82, 2.24) is 10.2 Å². The Morgan fingerprint density at radius 3 is 2.10 bits per heavy atom. The lowest BCUT2D eigenvalue weighted by Gasteiger charge is -2.19. The van der Waals surface area contributed by atoms with Gasteiger partial charge in [0.25, 0.3) is 0 Å². The van der Waals surface area contributed by atoms with Crippen molar-refractivity contribution in [3.8, 4) is 5.75 Å². The number of rotatable bonds is 2. The quantitative estimate of drug-likeness (QED) is 0.874. The Morgan fingerprint density at radius 1 is 1.10 bits per heavy atom. The SMILES string of the molecule is CN(C)C(=O)Nc1ccc(OC(=O)NC(C)(C)C)cc1. The van der Waals surface area contributed by atoms with Crippen LogP contribution in [0.1, 0.15) is 20.8 Å². The molecule has 0 aliphatic heterocycles. The number of amides is 3. The summed E-state index contributed by atoms with van der Waals surface area (Å²) in [5.74, 6) is 0.412. The van der Waals surface area contributed by atoms with Crippen LogP contribution < -0.4 is 15.4 Å². The maximum atomic E-state index is 11.6. The van der Waals surface area contributed by atoms with Gasteiger partial charge >= 0.3 is 12.1 Å². The molecule has 2 N–H and O–H groups in total. The first-order valence-electron chi connectivity index (χ1n) is 6.26. The highest BCUT2D eigenvalue weighted by molar-refractivity contribution is 5.89. The molecular weight excluding hydrogens is 258 g/mol. The third-order valence-corrected chi connectivity index (χ3v) is 2.20. The third kappa shape index (κ3) is 5.60. The highest BCUT2D eigenvalue weighted by Crippen LogP contribution is 2.16. The van der Waals surface area contributed by atoms with E-state index in [4.69, 9.17) is 4.74 Å². The maximum absolute atomic E-state index is 11.6.